The third-order valence-corrected chi connectivity index (χ3v) is 5.34. The van der Waals surface area contributed by atoms with Crippen LogP contribution in [0.4, 0.5) is 38.2 Å². The minimum atomic E-state index is -2.32. The lowest BCUT2D eigenvalue weighted by atomic mass is 10.1. The summed E-state index contributed by atoms with van der Waals surface area (Å²) < 4.78 is 87.3. The lowest BCUT2D eigenvalue weighted by Crippen LogP contribution is -2.12. The summed E-state index contributed by atoms with van der Waals surface area (Å²) in [5, 5.41) is 5.72. The van der Waals surface area contributed by atoms with E-state index in [-0.39, 0.29) is 18.4 Å². The highest BCUT2D eigenvalue weighted by molar-refractivity contribution is 5.39. The van der Waals surface area contributed by atoms with Crippen molar-refractivity contribution in [3.8, 4) is 11.8 Å². The van der Waals surface area contributed by atoms with Crippen LogP contribution in [0.1, 0.15) is 24.0 Å². The summed E-state index contributed by atoms with van der Waals surface area (Å²) in [7, 11) is 0. The van der Waals surface area contributed by atoms with Gasteiger partial charge < -0.3 is 15.4 Å². The SMILES string of the molecule is Fc1cccc(CNc2nc(NCCCCc3ccccc3)nc(Oc3c(F)c(F)c(F)c(F)c3F)n2)c1. The van der Waals surface area contributed by atoms with Crippen molar-refractivity contribution in [2.75, 3.05) is 17.2 Å². The molecular formula is C26H21F6N5O. The molecule has 4 aromatic rings. The van der Waals surface area contributed by atoms with Crippen LogP contribution in [0.5, 0.6) is 11.8 Å². The van der Waals surface area contributed by atoms with Crippen LogP contribution < -0.4 is 15.4 Å². The summed E-state index contributed by atoms with van der Waals surface area (Å²) in [6.45, 7) is 0.461. The molecule has 2 N–H and O–H groups in total. The van der Waals surface area contributed by atoms with Crippen LogP contribution in [0.25, 0.3) is 0 Å². The Morgan fingerprint density at radius 3 is 1.95 bits per heavy atom. The fourth-order valence-corrected chi connectivity index (χ4v) is 3.45. The number of aromatic nitrogens is 3. The first-order valence-electron chi connectivity index (χ1n) is 11.5. The number of rotatable bonds is 11. The van der Waals surface area contributed by atoms with Gasteiger partial charge in [0.05, 0.1) is 0 Å². The zero-order valence-corrected chi connectivity index (χ0v) is 19.7. The standard InChI is InChI=1S/C26H21F6N5O/c27-17-11-6-10-16(13-17)14-34-25-35-24(33-12-5-4-9-15-7-2-1-3-8-15)36-26(37-25)38-23-21(31)19(29)18(28)20(30)22(23)32/h1-3,6-8,10-11,13H,4-5,9,12,14H2,(H2,33,34,35,36,37). The van der Waals surface area contributed by atoms with E-state index < -0.39 is 46.7 Å². The van der Waals surface area contributed by atoms with Crippen molar-refractivity contribution < 1.29 is 31.1 Å². The maximum atomic E-state index is 14.1. The molecule has 1 aromatic heterocycles. The van der Waals surface area contributed by atoms with Gasteiger partial charge in [0, 0.05) is 13.1 Å². The summed E-state index contributed by atoms with van der Waals surface area (Å²) in [4.78, 5) is 11.9. The van der Waals surface area contributed by atoms with Crippen molar-refractivity contribution in [2.45, 2.75) is 25.8 Å². The predicted molar refractivity (Wildman–Crippen MR) is 128 cm³/mol. The molecule has 0 amide bonds. The van der Waals surface area contributed by atoms with E-state index >= 15 is 0 Å². The molecule has 198 valence electrons. The molecule has 38 heavy (non-hydrogen) atoms. The van der Waals surface area contributed by atoms with Crippen LogP contribution in [0.2, 0.25) is 0 Å². The van der Waals surface area contributed by atoms with Gasteiger partial charge in [-0.25, -0.2) is 17.6 Å². The fraction of sp³-hybridized carbons (Fsp3) is 0.192. The molecule has 0 atom stereocenters. The van der Waals surface area contributed by atoms with E-state index in [0.717, 1.165) is 12.8 Å². The average Bonchev–Trinajstić information content (AvgIpc) is 2.92. The first-order chi connectivity index (χ1) is 18.3. The maximum absolute atomic E-state index is 14.1. The van der Waals surface area contributed by atoms with Gasteiger partial charge in [-0.15, -0.1) is 0 Å². The largest absolute Gasteiger partial charge is 0.418 e. The molecular weight excluding hydrogens is 512 g/mol. The van der Waals surface area contributed by atoms with Crippen molar-refractivity contribution in [1.82, 2.24) is 15.0 Å². The third kappa shape index (κ3) is 6.69. The Bertz CT molecular complexity index is 1380. The number of hydrogen-bond donors (Lipinski definition) is 2. The highest BCUT2D eigenvalue weighted by Gasteiger charge is 2.28. The third-order valence-electron chi connectivity index (χ3n) is 5.34. The number of benzene rings is 3. The number of aryl methyl sites for hydroxylation is 1. The second kappa shape index (κ2) is 12.3. The van der Waals surface area contributed by atoms with Crippen LogP contribution in [0.15, 0.2) is 54.6 Å². The molecule has 12 heteroatoms. The van der Waals surface area contributed by atoms with E-state index in [1.54, 1.807) is 6.07 Å². The monoisotopic (exact) mass is 533 g/mol. The zero-order chi connectivity index (χ0) is 27.1. The van der Waals surface area contributed by atoms with E-state index in [1.165, 1.54) is 23.8 Å². The number of halogens is 6. The van der Waals surface area contributed by atoms with Gasteiger partial charge in [-0.1, -0.05) is 42.5 Å². The highest BCUT2D eigenvalue weighted by atomic mass is 19.2. The summed E-state index contributed by atoms with van der Waals surface area (Å²) in [5.74, 6) is -13.2. The second-order valence-electron chi connectivity index (χ2n) is 8.12. The van der Waals surface area contributed by atoms with Crippen molar-refractivity contribution >= 4 is 11.9 Å². The molecule has 0 radical (unpaired) electrons. The molecule has 6 nitrogen and oxygen atoms in total. The molecule has 0 saturated carbocycles. The Balaban J connectivity index is 1.51. The minimum absolute atomic E-state index is 0.0558. The molecule has 3 aromatic carbocycles. The van der Waals surface area contributed by atoms with Gasteiger partial charge in [-0.3, -0.25) is 0 Å². The van der Waals surface area contributed by atoms with E-state index in [4.69, 9.17) is 4.74 Å². The van der Waals surface area contributed by atoms with Crippen LogP contribution in [-0.2, 0) is 13.0 Å². The van der Waals surface area contributed by atoms with E-state index in [0.29, 0.717) is 18.5 Å². The van der Waals surface area contributed by atoms with Gasteiger partial charge in [-0.05, 0) is 42.5 Å². The van der Waals surface area contributed by atoms with Crippen LogP contribution in [0.3, 0.4) is 0 Å². The molecule has 4 rings (SSSR count). The topological polar surface area (TPSA) is 72.0 Å². The van der Waals surface area contributed by atoms with Gasteiger partial charge in [0.15, 0.2) is 0 Å². The van der Waals surface area contributed by atoms with Crippen LogP contribution in [-0.4, -0.2) is 21.5 Å². The lowest BCUT2D eigenvalue weighted by Gasteiger charge is -2.12. The number of nitrogens with zero attached hydrogens (tertiary/aromatic N) is 3. The summed E-state index contributed by atoms with van der Waals surface area (Å²) >= 11 is 0. The van der Waals surface area contributed by atoms with Crippen LogP contribution in [0, 0.1) is 34.9 Å². The molecule has 0 aliphatic carbocycles. The zero-order valence-electron chi connectivity index (χ0n) is 19.7. The normalized spacial score (nSPS) is 10.9. The van der Waals surface area contributed by atoms with Crippen LogP contribution >= 0.6 is 0 Å². The fourth-order valence-electron chi connectivity index (χ4n) is 3.45. The Labute approximate surface area is 213 Å². The quantitative estimate of drug-likeness (QED) is 0.0987. The Kier molecular flexibility index (Phi) is 8.62. The number of anilines is 2. The van der Waals surface area contributed by atoms with Gasteiger partial charge in [0.2, 0.25) is 46.7 Å². The number of ether oxygens (including phenoxy) is 1. The van der Waals surface area contributed by atoms with Crippen molar-refractivity contribution in [3.63, 3.8) is 0 Å². The second-order valence-corrected chi connectivity index (χ2v) is 8.12. The van der Waals surface area contributed by atoms with Gasteiger partial charge in [0.25, 0.3) is 0 Å². The summed E-state index contributed by atoms with van der Waals surface area (Å²) in [6.07, 6.45) is 2.38. The number of unbranched alkanes of at least 4 members (excludes halogenated alkanes) is 1. The molecule has 0 aliphatic rings. The van der Waals surface area contributed by atoms with Crippen molar-refractivity contribution in [2.24, 2.45) is 0 Å². The van der Waals surface area contributed by atoms with Crippen molar-refractivity contribution in [3.05, 3.63) is 101 Å². The molecule has 0 fully saturated rings. The molecule has 0 unspecified atom stereocenters. The predicted octanol–water partition coefficient (Wildman–Crippen LogP) is 6.55. The molecule has 0 bridgehead atoms. The molecule has 0 spiro atoms. The van der Waals surface area contributed by atoms with E-state index in [2.05, 4.69) is 25.6 Å². The maximum Gasteiger partial charge on any atom is 0.328 e. The first-order valence-corrected chi connectivity index (χ1v) is 11.5. The van der Waals surface area contributed by atoms with E-state index in [9.17, 15) is 26.3 Å². The Morgan fingerprint density at radius 2 is 1.26 bits per heavy atom. The first kappa shape index (κ1) is 26.7. The number of hydrogen-bond acceptors (Lipinski definition) is 6. The lowest BCUT2D eigenvalue weighted by molar-refractivity contribution is 0.322. The van der Waals surface area contributed by atoms with Gasteiger partial charge >= 0.3 is 6.01 Å². The smallest absolute Gasteiger partial charge is 0.328 e. The minimum Gasteiger partial charge on any atom is -0.418 e. The average molecular weight is 533 g/mol. The van der Waals surface area contributed by atoms with Crippen molar-refractivity contribution in [1.29, 1.82) is 0 Å². The molecule has 0 aliphatic heterocycles. The Morgan fingerprint density at radius 1 is 0.632 bits per heavy atom. The van der Waals surface area contributed by atoms with Gasteiger partial charge in [0.1, 0.15) is 5.82 Å². The summed E-state index contributed by atoms with van der Waals surface area (Å²) in [6, 6.07) is 14.8. The molecule has 1 heterocycles. The number of nitrogens with one attached hydrogen (secondary N) is 2. The highest BCUT2D eigenvalue weighted by Crippen LogP contribution is 2.32. The summed E-state index contributed by atoms with van der Waals surface area (Å²) in [5.41, 5.74) is 1.71. The van der Waals surface area contributed by atoms with E-state index in [1.807, 2.05) is 30.3 Å². The Hall–Kier alpha value is -4.35. The molecule has 0 saturated heterocycles. The van der Waals surface area contributed by atoms with Gasteiger partial charge in [-0.2, -0.15) is 23.7 Å².